The molecule has 0 atom stereocenters. The molecule has 0 saturated heterocycles. The number of nitrogens with zero attached hydrogens (tertiary/aromatic N) is 2. The first-order chi connectivity index (χ1) is 16.1. The molecule has 170 valence electrons. The van der Waals surface area contributed by atoms with Gasteiger partial charge in [0.15, 0.2) is 0 Å². The molecule has 0 bridgehead atoms. The number of rotatable bonds is 9. The quantitative estimate of drug-likeness (QED) is 0.304. The van der Waals surface area contributed by atoms with Crippen LogP contribution in [0.2, 0.25) is 0 Å². The topological polar surface area (TPSA) is 56.1 Å². The summed E-state index contributed by atoms with van der Waals surface area (Å²) in [6.45, 7) is 5.50. The predicted octanol–water partition coefficient (Wildman–Crippen LogP) is 6.17. The molecule has 0 aliphatic heterocycles. The van der Waals surface area contributed by atoms with E-state index in [4.69, 9.17) is 9.72 Å². The summed E-state index contributed by atoms with van der Waals surface area (Å²) >= 11 is 1.60. The number of carbonyl (C=O) groups excluding carboxylic acids is 1. The first kappa shape index (κ1) is 22.8. The van der Waals surface area contributed by atoms with Gasteiger partial charge < -0.3 is 14.6 Å². The first-order valence-corrected chi connectivity index (χ1v) is 12.1. The van der Waals surface area contributed by atoms with Crippen LogP contribution in [-0.2, 0) is 6.54 Å². The van der Waals surface area contributed by atoms with E-state index in [1.165, 1.54) is 5.56 Å². The van der Waals surface area contributed by atoms with Gasteiger partial charge in [-0.2, -0.15) is 0 Å². The number of hydrogen-bond acceptors (Lipinski definition) is 4. The van der Waals surface area contributed by atoms with Crippen LogP contribution in [-0.4, -0.2) is 29.1 Å². The number of amides is 1. The Bertz CT molecular complexity index is 1210. The summed E-state index contributed by atoms with van der Waals surface area (Å²) in [6, 6.07) is 20.2. The van der Waals surface area contributed by atoms with Crippen LogP contribution in [0.15, 0.2) is 66.0 Å². The molecular weight excluding hydrogens is 430 g/mol. The van der Waals surface area contributed by atoms with Crippen LogP contribution in [0.1, 0.15) is 41.4 Å². The van der Waals surface area contributed by atoms with Gasteiger partial charge in [0.2, 0.25) is 0 Å². The van der Waals surface area contributed by atoms with Gasteiger partial charge in [0.1, 0.15) is 10.8 Å². The molecule has 0 spiro atoms. The molecule has 5 nitrogen and oxygen atoms in total. The maximum absolute atomic E-state index is 12.9. The zero-order valence-corrected chi connectivity index (χ0v) is 20.1. The van der Waals surface area contributed by atoms with Crippen LogP contribution in [0.3, 0.4) is 0 Å². The number of aromatic nitrogens is 2. The standard InChI is InChI=1S/C27H29N3O2S/c1-4-5-15-28-26(31)23-16-25(30(19(23)2)17-20-9-7-6-8-10-20)24-18-33-27(29-24)21-11-13-22(32-3)14-12-21/h6-14,16,18H,4-5,15,17H2,1-3H3,(H,28,31). The Morgan fingerprint density at radius 1 is 1.12 bits per heavy atom. The van der Waals surface area contributed by atoms with E-state index in [-0.39, 0.29) is 5.91 Å². The third-order valence-electron chi connectivity index (χ3n) is 5.71. The smallest absolute Gasteiger partial charge is 0.253 e. The Labute approximate surface area is 199 Å². The molecule has 2 aromatic carbocycles. The lowest BCUT2D eigenvalue weighted by molar-refractivity contribution is 0.0952. The first-order valence-electron chi connectivity index (χ1n) is 11.2. The lowest BCUT2D eigenvalue weighted by atomic mass is 10.2. The van der Waals surface area contributed by atoms with Crippen molar-refractivity contribution in [1.82, 2.24) is 14.9 Å². The molecule has 0 radical (unpaired) electrons. The zero-order valence-electron chi connectivity index (χ0n) is 19.3. The van der Waals surface area contributed by atoms with Crippen LogP contribution in [0.4, 0.5) is 0 Å². The average molecular weight is 460 g/mol. The fraction of sp³-hybridized carbons (Fsp3) is 0.259. The monoisotopic (exact) mass is 459 g/mol. The highest BCUT2D eigenvalue weighted by Gasteiger charge is 2.20. The van der Waals surface area contributed by atoms with Crippen molar-refractivity contribution in [3.8, 4) is 27.7 Å². The molecule has 0 unspecified atom stereocenters. The normalized spacial score (nSPS) is 10.9. The third kappa shape index (κ3) is 5.17. The van der Waals surface area contributed by atoms with E-state index < -0.39 is 0 Å². The molecule has 4 aromatic rings. The summed E-state index contributed by atoms with van der Waals surface area (Å²) in [5.74, 6) is 0.793. The number of benzene rings is 2. The van der Waals surface area contributed by atoms with E-state index in [2.05, 4.69) is 34.3 Å². The summed E-state index contributed by atoms with van der Waals surface area (Å²) in [7, 11) is 1.66. The minimum atomic E-state index is -0.0281. The van der Waals surface area contributed by atoms with Gasteiger partial charge in [-0.05, 0) is 49.2 Å². The second kappa shape index (κ2) is 10.5. The number of thiazole rings is 1. The molecule has 0 aliphatic rings. The lowest BCUT2D eigenvalue weighted by Gasteiger charge is -2.11. The van der Waals surface area contributed by atoms with Gasteiger partial charge in [-0.1, -0.05) is 43.7 Å². The molecule has 1 N–H and O–H groups in total. The van der Waals surface area contributed by atoms with E-state index in [9.17, 15) is 4.79 Å². The van der Waals surface area contributed by atoms with Crippen LogP contribution >= 0.6 is 11.3 Å². The molecule has 0 fully saturated rings. The highest BCUT2D eigenvalue weighted by molar-refractivity contribution is 7.13. The highest BCUT2D eigenvalue weighted by Crippen LogP contribution is 2.32. The third-order valence-corrected chi connectivity index (χ3v) is 6.61. The summed E-state index contributed by atoms with van der Waals surface area (Å²) in [4.78, 5) is 17.8. The number of carbonyl (C=O) groups is 1. The lowest BCUT2D eigenvalue weighted by Crippen LogP contribution is -2.24. The van der Waals surface area contributed by atoms with Crippen molar-refractivity contribution >= 4 is 17.2 Å². The SMILES string of the molecule is CCCCNC(=O)c1cc(-c2csc(-c3ccc(OC)cc3)n2)n(Cc2ccccc2)c1C. The van der Waals surface area contributed by atoms with Crippen molar-refractivity contribution in [2.75, 3.05) is 13.7 Å². The number of ether oxygens (including phenoxy) is 1. The zero-order chi connectivity index (χ0) is 23.2. The van der Waals surface area contributed by atoms with E-state index >= 15 is 0 Å². The molecule has 6 heteroatoms. The van der Waals surface area contributed by atoms with Gasteiger partial charge in [-0.15, -0.1) is 11.3 Å². The van der Waals surface area contributed by atoms with Crippen LogP contribution < -0.4 is 10.1 Å². The second-order valence-corrected chi connectivity index (χ2v) is 8.83. The van der Waals surface area contributed by atoms with Gasteiger partial charge in [0.25, 0.3) is 5.91 Å². The number of unbranched alkanes of at least 4 members (excludes halogenated alkanes) is 1. The Kier molecular flexibility index (Phi) is 7.25. The van der Waals surface area contributed by atoms with Crippen molar-refractivity contribution in [3.05, 3.63) is 82.9 Å². The van der Waals surface area contributed by atoms with Gasteiger partial charge in [-0.3, -0.25) is 4.79 Å². The molecular formula is C27H29N3O2S. The minimum absolute atomic E-state index is 0.0281. The Hall–Kier alpha value is -3.38. The number of methoxy groups -OCH3 is 1. The van der Waals surface area contributed by atoms with Crippen molar-refractivity contribution < 1.29 is 9.53 Å². The molecule has 4 rings (SSSR count). The van der Waals surface area contributed by atoms with Crippen molar-refractivity contribution in [3.63, 3.8) is 0 Å². The predicted molar refractivity (Wildman–Crippen MR) is 135 cm³/mol. The molecule has 2 heterocycles. The molecule has 33 heavy (non-hydrogen) atoms. The Morgan fingerprint density at radius 2 is 1.88 bits per heavy atom. The average Bonchev–Trinajstić information content (AvgIpc) is 3.45. The largest absolute Gasteiger partial charge is 0.497 e. The maximum Gasteiger partial charge on any atom is 0.253 e. The molecule has 0 saturated carbocycles. The number of hydrogen-bond donors (Lipinski definition) is 1. The summed E-state index contributed by atoms with van der Waals surface area (Å²) in [5, 5.41) is 6.06. The van der Waals surface area contributed by atoms with E-state index in [1.54, 1.807) is 18.4 Å². The van der Waals surface area contributed by atoms with E-state index in [1.807, 2.05) is 55.5 Å². The van der Waals surface area contributed by atoms with Crippen LogP contribution in [0.25, 0.3) is 22.0 Å². The maximum atomic E-state index is 12.9. The van der Waals surface area contributed by atoms with Crippen LogP contribution in [0, 0.1) is 6.92 Å². The summed E-state index contributed by atoms with van der Waals surface area (Å²) < 4.78 is 7.46. The van der Waals surface area contributed by atoms with Gasteiger partial charge in [0, 0.05) is 29.7 Å². The van der Waals surface area contributed by atoms with Gasteiger partial charge >= 0.3 is 0 Å². The van der Waals surface area contributed by atoms with E-state index in [0.29, 0.717) is 18.7 Å². The molecule has 1 amide bonds. The number of nitrogens with one attached hydrogen (secondary N) is 1. The van der Waals surface area contributed by atoms with Gasteiger partial charge in [0.05, 0.1) is 24.1 Å². The molecule has 2 aromatic heterocycles. The molecule has 0 aliphatic carbocycles. The van der Waals surface area contributed by atoms with Crippen molar-refractivity contribution in [2.24, 2.45) is 0 Å². The summed E-state index contributed by atoms with van der Waals surface area (Å²) in [6.07, 6.45) is 2.02. The van der Waals surface area contributed by atoms with Gasteiger partial charge in [-0.25, -0.2) is 4.98 Å². The fourth-order valence-corrected chi connectivity index (χ4v) is 4.61. The minimum Gasteiger partial charge on any atom is -0.497 e. The van der Waals surface area contributed by atoms with Crippen LogP contribution in [0.5, 0.6) is 5.75 Å². The summed E-state index contributed by atoms with van der Waals surface area (Å²) in [5.41, 5.74) is 5.70. The van der Waals surface area contributed by atoms with Crippen molar-refractivity contribution in [1.29, 1.82) is 0 Å². The highest BCUT2D eigenvalue weighted by atomic mass is 32.1. The Balaban J connectivity index is 1.70. The Morgan fingerprint density at radius 3 is 2.58 bits per heavy atom. The van der Waals surface area contributed by atoms with Crippen molar-refractivity contribution in [2.45, 2.75) is 33.2 Å². The second-order valence-electron chi connectivity index (χ2n) is 7.98. The fourth-order valence-electron chi connectivity index (χ4n) is 3.79. The van der Waals surface area contributed by atoms with E-state index in [0.717, 1.165) is 46.2 Å².